The lowest BCUT2D eigenvalue weighted by Crippen LogP contribution is -2.47. The predicted octanol–water partition coefficient (Wildman–Crippen LogP) is 7.20. The van der Waals surface area contributed by atoms with Crippen molar-refractivity contribution in [3.05, 3.63) is 29.6 Å². The van der Waals surface area contributed by atoms with Crippen molar-refractivity contribution < 1.29 is 45.2 Å². The van der Waals surface area contributed by atoms with Crippen LogP contribution in [0.25, 0.3) is 11.0 Å². The van der Waals surface area contributed by atoms with Crippen molar-refractivity contribution in [2.24, 2.45) is 5.92 Å². The summed E-state index contributed by atoms with van der Waals surface area (Å²) >= 11 is -1.74. The standard InChI is InChI=1S/C31H47F6N5O4SSi/c1-18(46-19(2)30(32,33)34)25(40-47(44)29(3,4)5)27-38-22-15-21(11-12-23(22)42(27)17-45-13-14-48(6,7)8)26(20-9-10-20)41-16-24(31(35,36)37)39-28(41)43/h11-12,15,18-20,24-26,40H,9-10,13-14,16-17H2,1-8H3,(H,39,43)/t18-,19-,24+,25+,26-,47?/m1/s1. The second-order valence-corrected chi connectivity index (χ2v) is 22.6. The van der Waals surface area contributed by atoms with Gasteiger partial charge in [-0.3, -0.25) is 0 Å². The first-order chi connectivity index (χ1) is 22.0. The summed E-state index contributed by atoms with van der Waals surface area (Å²) in [6.45, 7) is 14.0. The summed E-state index contributed by atoms with van der Waals surface area (Å²) in [5, 5.41) is 2.05. The minimum absolute atomic E-state index is 0.00855. The van der Waals surface area contributed by atoms with Gasteiger partial charge in [-0.25, -0.2) is 9.78 Å². The molecule has 272 valence electrons. The molecular formula is C31H47F6N5O4SSi. The van der Waals surface area contributed by atoms with Crippen LogP contribution < -0.4 is 10.0 Å². The summed E-state index contributed by atoms with van der Waals surface area (Å²) in [6.07, 6.45) is -11.0. The lowest BCUT2D eigenvalue weighted by atomic mass is 10.00. The normalized spacial score (nSPS) is 21.4. The quantitative estimate of drug-likeness (QED) is 0.0924. The number of carbonyl (C=O) groups excluding carboxylic acids is 1. The highest BCUT2D eigenvalue weighted by molar-refractivity contribution is 7.90. The third kappa shape index (κ3) is 9.59. The lowest BCUT2D eigenvalue weighted by molar-refractivity contribution is -0.227. The van der Waals surface area contributed by atoms with Crippen molar-refractivity contribution in [2.45, 2.75) is 127 Å². The molecule has 1 saturated heterocycles. The fourth-order valence-corrected chi connectivity index (χ4v) is 7.12. The number of carbonyl (C=O) groups is 1. The second-order valence-electron chi connectivity index (χ2n) is 15.0. The van der Waals surface area contributed by atoms with E-state index in [1.807, 2.05) is 5.32 Å². The summed E-state index contributed by atoms with van der Waals surface area (Å²) in [4.78, 5) is 18.8. The molecule has 4 rings (SSSR count). The third-order valence-corrected chi connectivity index (χ3v) is 11.8. The molecule has 48 heavy (non-hydrogen) atoms. The van der Waals surface area contributed by atoms with E-state index in [9.17, 15) is 35.7 Å². The number of nitrogens with zero attached hydrogens (tertiary/aromatic N) is 3. The van der Waals surface area contributed by atoms with Gasteiger partial charge in [-0.15, -0.1) is 4.72 Å². The van der Waals surface area contributed by atoms with Crippen molar-refractivity contribution in [1.29, 1.82) is 0 Å². The summed E-state index contributed by atoms with van der Waals surface area (Å²) in [7, 11) is -1.46. The Kier molecular flexibility index (Phi) is 11.5. The fraction of sp³-hybridized carbons (Fsp3) is 0.742. The van der Waals surface area contributed by atoms with Crippen molar-refractivity contribution in [3.63, 3.8) is 0 Å². The first kappa shape index (κ1) is 38.7. The van der Waals surface area contributed by atoms with Gasteiger partial charge in [0.15, 0.2) is 6.10 Å². The van der Waals surface area contributed by atoms with Gasteiger partial charge in [0, 0.05) is 26.0 Å². The van der Waals surface area contributed by atoms with Gasteiger partial charge in [0.2, 0.25) is 0 Å². The number of urea groups is 1. The van der Waals surface area contributed by atoms with E-state index >= 15 is 0 Å². The highest BCUT2D eigenvalue weighted by Crippen LogP contribution is 2.46. The summed E-state index contributed by atoms with van der Waals surface area (Å²) in [5.41, 5.74) is 1.55. The maximum Gasteiger partial charge on any atom is 0.414 e. The highest BCUT2D eigenvalue weighted by atomic mass is 32.2. The highest BCUT2D eigenvalue weighted by Gasteiger charge is 2.51. The molecule has 2 N–H and O–H groups in total. The number of fused-ring (bicyclic) bond motifs is 1. The van der Waals surface area contributed by atoms with E-state index < -0.39 is 79.4 Å². The summed E-state index contributed by atoms with van der Waals surface area (Å²) in [5.74, 6) is 0.196. The molecule has 2 aliphatic rings. The molecule has 2 heterocycles. The van der Waals surface area contributed by atoms with E-state index in [0.29, 0.717) is 23.2 Å². The number of hydrogen-bond acceptors (Lipinski definition) is 6. The molecule has 9 nitrogen and oxygen atoms in total. The van der Waals surface area contributed by atoms with Crippen molar-refractivity contribution in [2.75, 3.05) is 13.2 Å². The first-order valence-electron chi connectivity index (χ1n) is 16.1. The number of aromatic nitrogens is 2. The van der Waals surface area contributed by atoms with E-state index in [0.717, 1.165) is 25.8 Å². The average molecular weight is 728 g/mol. The zero-order valence-electron chi connectivity index (χ0n) is 28.6. The van der Waals surface area contributed by atoms with Crippen LogP contribution >= 0.6 is 0 Å². The Hall–Kier alpha value is -2.05. The Morgan fingerprint density at radius 2 is 1.77 bits per heavy atom. The molecule has 2 fully saturated rings. The molecular weight excluding hydrogens is 681 g/mol. The van der Waals surface area contributed by atoms with Crippen molar-refractivity contribution in [3.8, 4) is 0 Å². The molecule has 2 amide bonds. The molecule has 1 aliphatic heterocycles. The number of ether oxygens (including phenoxy) is 2. The second kappa shape index (κ2) is 14.3. The largest absolute Gasteiger partial charge is 0.598 e. The van der Waals surface area contributed by atoms with E-state index in [4.69, 9.17) is 14.5 Å². The van der Waals surface area contributed by atoms with Crippen molar-refractivity contribution in [1.82, 2.24) is 24.5 Å². The molecule has 1 aliphatic carbocycles. The summed E-state index contributed by atoms with van der Waals surface area (Å²) < 4.78 is 110. The number of halogens is 6. The molecule has 1 saturated carbocycles. The zero-order chi connectivity index (χ0) is 36.0. The molecule has 0 spiro atoms. The minimum Gasteiger partial charge on any atom is -0.598 e. The van der Waals surface area contributed by atoms with Crippen LogP contribution in [-0.2, 0) is 27.6 Å². The Morgan fingerprint density at radius 3 is 2.29 bits per heavy atom. The van der Waals surface area contributed by atoms with Crippen LogP contribution in [-0.4, -0.2) is 81.6 Å². The Balaban J connectivity index is 1.78. The molecule has 1 aromatic carbocycles. The minimum atomic E-state index is -4.64. The zero-order valence-corrected chi connectivity index (χ0v) is 30.4. The van der Waals surface area contributed by atoms with Crippen molar-refractivity contribution >= 4 is 36.5 Å². The Morgan fingerprint density at radius 1 is 1.12 bits per heavy atom. The maximum atomic E-state index is 13.6. The number of rotatable bonds is 14. The Labute approximate surface area is 281 Å². The number of amides is 2. The van der Waals surface area contributed by atoms with Crippen LogP contribution in [0, 0.1) is 5.92 Å². The van der Waals surface area contributed by atoms with Crippen LogP contribution in [0.15, 0.2) is 18.2 Å². The summed E-state index contributed by atoms with van der Waals surface area (Å²) in [6, 6.07) is 1.55. The maximum absolute atomic E-state index is 13.6. The van der Waals surface area contributed by atoms with Crippen LogP contribution in [0.1, 0.15) is 70.9 Å². The van der Waals surface area contributed by atoms with Gasteiger partial charge in [-0.1, -0.05) is 25.7 Å². The number of benzene rings is 1. The number of nitrogens with one attached hydrogen (secondary N) is 2. The van der Waals surface area contributed by atoms with Crippen LogP contribution in [0.2, 0.25) is 25.7 Å². The van der Waals surface area contributed by atoms with E-state index in [-0.39, 0.29) is 18.5 Å². The Bertz CT molecular complexity index is 1430. The van der Waals surface area contributed by atoms with Crippen LogP contribution in [0.3, 0.4) is 0 Å². The lowest BCUT2D eigenvalue weighted by Gasteiger charge is -2.32. The first-order valence-corrected chi connectivity index (χ1v) is 20.9. The van der Waals surface area contributed by atoms with E-state index in [2.05, 4.69) is 24.4 Å². The van der Waals surface area contributed by atoms with Gasteiger partial charge in [0.25, 0.3) is 0 Å². The van der Waals surface area contributed by atoms with Gasteiger partial charge < -0.3 is 28.8 Å². The monoisotopic (exact) mass is 727 g/mol. The van der Waals surface area contributed by atoms with Crippen LogP contribution in [0.4, 0.5) is 31.1 Å². The van der Waals surface area contributed by atoms with E-state index in [1.54, 1.807) is 43.5 Å². The molecule has 0 bridgehead atoms. The third-order valence-electron chi connectivity index (χ3n) is 8.51. The fourth-order valence-electron chi connectivity index (χ4n) is 5.49. The van der Waals surface area contributed by atoms with Crippen LogP contribution in [0.5, 0.6) is 0 Å². The van der Waals surface area contributed by atoms with E-state index in [1.165, 1.54) is 11.8 Å². The molecule has 6 atom stereocenters. The SMILES string of the molecule is C[C@@H](O[C@H](C)C(F)(F)F)[C@H](N[S+]([O-])C(C)(C)C)c1nc2cc([C@@H](C3CC3)N3C[C@@H](C(F)(F)F)NC3=O)ccc2n1COCC[Si](C)(C)C. The molecule has 1 unspecified atom stereocenters. The molecule has 17 heteroatoms. The molecule has 0 radical (unpaired) electrons. The van der Waals surface area contributed by atoms with Gasteiger partial charge in [0.05, 0.1) is 29.7 Å². The number of imidazole rings is 1. The van der Waals surface area contributed by atoms with Gasteiger partial charge in [-0.2, -0.15) is 26.3 Å². The van der Waals surface area contributed by atoms with Gasteiger partial charge in [0.1, 0.15) is 29.4 Å². The smallest absolute Gasteiger partial charge is 0.414 e. The molecule has 2 aromatic rings. The molecule has 1 aromatic heterocycles. The average Bonchev–Trinajstić information content (AvgIpc) is 3.60. The predicted molar refractivity (Wildman–Crippen MR) is 174 cm³/mol. The topological polar surface area (TPSA) is 104 Å². The van der Waals surface area contributed by atoms with Gasteiger partial charge in [-0.05, 0) is 77.1 Å². The number of alkyl halides is 6. The van der Waals surface area contributed by atoms with Gasteiger partial charge >= 0.3 is 18.4 Å². The number of hydrogen-bond donors (Lipinski definition) is 2.